The van der Waals surface area contributed by atoms with Crippen molar-refractivity contribution in [2.45, 2.75) is 46.4 Å². The number of hydrogen-bond donors (Lipinski definition) is 1. The maximum Gasteiger partial charge on any atom is 0.296 e. The largest absolute Gasteiger partial charge is 0.507 e. The molecule has 0 spiro atoms. The molecule has 0 saturated carbocycles. The van der Waals surface area contributed by atoms with Crippen LogP contribution in [-0.2, 0) is 16.1 Å². The molecule has 7 nitrogen and oxygen atoms in total. The topological polar surface area (TPSA) is 83.0 Å². The van der Waals surface area contributed by atoms with E-state index in [1.54, 1.807) is 36.5 Å². The van der Waals surface area contributed by atoms with Crippen molar-refractivity contribution in [3.63, 3.8) is 0 Å². The third kappa shape index (κ3) is 5.50. The molecule has 1 aliphatic heterocycles. The number of aliphatic hydroxyl groups is 1. The van der Waals surface area contributed by atoms with Gasteiger partial charge in [-0.3, -0.25) is 14.6 Å². The second-order valence-electron chi connectivity index (χ2n) is 9.20. The molecule has 7 heteroatoms. The van der Waals surface area contributed by atoms with E-state index in [0.29, 0.717) is 17.0 Å². The van der Waals surface area contributed by atoms with E-state index >= 15 is 0 Å². The molecule has 2 heterocycles. The normalized spacial score (nSPS) is 16.9. The number of carbonyl (C=O) groups excluding carboxylic acids is 2. The molecule has 1 N–H and O–H groups in total. The minimum atomic E-state index is -0.751. The molecule has 2 aromatic carbocycles. The predicted octanol–water partition coefficient (Wildman–Crippen LogP) is 5.34. The molecule has 3 aromatic rings. The molecule has 0 bridgehead atoms. The number of ether oxygens (including phenoxy) is 1. The van der Waals surface area contributed by atoms with Crippen LogP contribution in [0.1, 0.15) is 50.6 Å². The van der Waals surface area contributed by atoms with Crippen molar-refractivity contribution in [3.05, 3.63) is 95.3 Å². The first kappa shape index (κ1) is 25.9. The van der Waals surface area contributed by atoms with Gasteiger partial charge in [-0.05, 0) is 81.8 Å². The Morgan fingerprint density at radius 2 is 1.68 bits per heavy atom. The summed E-state index contributed by atoms with van der Waals surface area (Å²) >= 11 is 0. The minimum Gasteiger partial charge on any atom is -0.507 e. The molecule has 192 valence electrons. The highest BCUT2D eigenvalue weighted by molar-refractivity contribution is 6.46. The van der Waals surface area contributed by atoms with E-state index in [1.165, 1.54) is 4.90 Å². The summed E-state index contributed by atoms with van der Waals surface area (Å²) in [4.78, 5) is 34.6. The molecule has 1 unspecified atom stereocenters. The number of Topliss-reactive ketones (excluding diaryl/α,β-unsaturated/α-hetero) is 1. The van der Waals surface area contributed by atoms with E-state index in [2.05, 4.69) is 23.7 Å². The Morgan fingerprint density at radius 1 is 1.00 bits per heavy atom. The van der Waals surface area contributed by atoms with Gasteiger partial charge in [0.05, 0.1) is 30.0 Å². The maximum absolute atomic E-state index is 13.3. The SMILES string of the molecule is CCN(CC)c1ccc(C2/C(=C(/O)c3ccc(OC(C)C)cc3)C(=O)C(=O)N2Cc2ccccn2)cc1. The summed E-state index contributed by atoms with van der Waals surface area (Å²) in [7, 11) is 0. The van der Waals surface area contributed by atoms with Crippen LogP contribution >= 0.6 is 0 Å². The molecule has 37 heavy (non-hydrogen) atoms. The first-order valence-corrected chi connectivity index (χ1v) is 12.6. The number of benzene rings is 2. The Balaban J connectivity index is 1.79. The van der Waals surface area contributed by atoms with Crippen LogP contribution in [-0.4, -0.2) is 45.9 Å². The van der Waals surface area contributed by atoms with Crippen LogP contribution in [0.15, 0.2) is 78.5 Å². The Labute approximate surface area is 218 Å². The highest BCUT2D eigenvalue weighted by Gasteiger charge is 2.46. The van der Waals surface area contributed by atoms with Crippen molar-refractivity contribution in [1.29, 1.82) is 0 Å². The van der Waals surface area contributed by atoms with Gasteiger partial charge in [0, 0.05) is 30.5 Å². The zero-order valence-corrected chi connectivity index (χ0v) is 21.7. The van der Waals surface area contributed by atoms with Gasteiger partial charge in [-0.2, -0.15) is 0 Å². The van der Waals surface area contributed by atoms with Crippen molar-refractivity contribution in [2.24, 2.45) is 0 Å². The monoisotopic (exact) mass is 499 g/mol. The summed E-state index contributed by atoms with van der Waals surface area (Å²) in [6.07, 6.45) is 1.66. The Morgan fingerprint density at radius 3 is 2.24 bits per heavy atom. The number of likely N-dealkylation sites (tertiary alicyclic amines) is 1. The van der Waals surface area contributed by atoms with Gasteiger partial charge in [0.15, 0.2) is 0 Å². The summed E-state index contributed by atoms with van der Waals surface area (Å²) in [5, 5.41) is 11.3. The van der Waals surface area contributed by atoms with Crippen LogP contribution < -0.4 is 9.64 Å². The number of nitrogens with zero attached hydrogens (tertiary/aromatic N) is 3. The van der Waals surface area contributed by atoms with Crippen LogP contribution in [0.25, 0.3) is 5.76 Å². The van der Waals surface area contributed by atoms with Gasteiger partial charge < -0.3 is 19.6 Å². The van der Waals surface area contributed by atoms with E-state index in [-0.39, 0.29) is 24.0 Å². The van der Waals surface area contributed by atoms with Gasteiger partial charge in [0.25, 0.3) is 11.7 Å². The first-order chi connectivity index (χ1) is 17.8. The number of ketones is 1. The second-order valence-corrected chi connectivity index (χ2v) is 9.20. The summed E-state index contributed by atoms with van der Waals surface area (Å²) in [6.45, 7) is 9.93. The van der Waals surface area contributed by atoms with Crippen molar-refractivity contribution >= 4 is 23.1 Å². The molecule has 1 aromatic heterocycles. The molecule has 4 rings (SSSR count). The molecular weight excluding hydrogens is 466 g/mol. The minimum absolute atomic E-state index is 0.00989. The van der Waals surface area contributed by atoms with Crippen LogP contribution in [0.2, 0.25) is 0 Å². The number of amides is 1. The summed E-state index contributed by atoms with van der Waals surface area (Å²) in [5.74, 6) is -0.931. The molecule has 1 aliphatic rings. The van der Waals surface area contributed by atoms with Crippen LogP contribution in [0.5, 0.6) is 5.75 Å². The second kappa shape index (κ2) is 11.3. The molecule has 0 radical (unpaired) electrons. The van der Waals surface area contributed by atoms with Gasteiger partial charge in [0.1, 0.15) is 11.5 Å². The van der Waals surface area contributed by atoms with Crippen LogP contribution in [0.4, 0.5) is 5.69 Å². The quantitative estimate of drug-likeness (QED) is 0.243. The number of hydrogen-bond acceptors (Lipinski definition) is 6. The molecule has 0 aliphatic carbocycles. The van der Waals surface area contributed by atoms with Crippen molar-refractivity contribution in [2.75, 3.05) is 18.0 Å². The van der Waals surface area contributed by atoms with Crippen molar-refractivity contribution < 1.29 is 19.4 Å². The first-order valence-electron chi connectivity index (χ1n) is 12.6. The van der Waals surface area contributed by atoms with Gasteiger partial charge in [-0.1, -0.05) is 18.2 Å². The van der Waals surface area contributed by atoms with Crippen LogP contribution in [0.3, 0.4) is 0 Å². The Kier molecular flexibility index (Phi) is 7.92. The number of carbonyl (C=O) groups is 2. The fourth-order valence-electron chi connectivity index (χ4n) is 4.63. The Hall–Kier alpha value is -4.13. The standard InChI is InChI=1S/C30H33N3O4/c1-5-32(6-2)24-14-10-21(11-15-24)27-26(28(34)22-12-16-25(17-13-22)37-20(3)4)29(35)30(36)33(27)19-23-9-7-8-18-31-23/h7-18,20,27,34H,5-6,19H2,1-4H3/b28-26-. The maximum atomic E-state index is 13.3. The third-order valence-electron chi connectivity index (χ3n) is 6.44. The summed E-state index contributed by atoms with van der Waals surface area (Å²) in [6, 6.07) is 19.4. The van der Waals surface area contributed by atoms with Crippen LogP contribution in [0, 0.1) is 0 Å². The fraction of sp³-hybridized carbons (Fsp3) is 0.300. The average Bonchev–Trinajstić information content (AvgIpc) is 3.15. The zero-order valence-electron chi connectivity index (χ0n) is 21.7. The highest BCUT2D eigenvalue weighted by Crippen LogP contribution is 2.40. The zero-order chi connectivity index (χ0) is 26.5. The van der Waals surface area contributed by atoms with Crippen molar-refractivity contribution in [1.82, 2.24) is 9.88 Å². The highest BCUT2D eigenvalue weighted by atomic mass is 16.5. The molecule has 1 atom stereocenters. The smallest absolute Gasteiger partial charge is 0.296 e. The number of pyridine rings is 1. The van der Waals surface area contributed by atoms with Gasteiger partial charge in [-0.25, -0.2) is 0 Å². The average molecular weight is 500 g/mol. The Bertz CT molecular complexity index is 1260. The summed E-state index contributed by atoms with van der Waals surface area (Å²) < 4.78 is 5.70. The molecule has 1 saturated heterocycles. The predicted molar refractivity (Wildman–Crippen MR) is 144 cm³/mol. The molecule has 1 amide bonds. The van der Waals surface area contributed by atoms with Gasteiger partial charge in [0.2, 0.25) is 0 Å². The number of anilines is 1. The lowest BCUT2D eigenvalue weighted by atomic mass is 9.95. The van der Waals surface area contributed by atoms with E-state index in [0.717, 1.165) is 24.3 Å². The molecule has 1 fully saturated rings. The van der Waals surface area contributed by atoms with E-state index < -0.39 is 17.7 Å². The summed E-state index contributed by atoms with van der Waals surface area (Å²) in [5.41, 5.74) is 2.96. The van der Waals surface area contributed by atoms with E-state index in [9.17, 15) is 14.7 Å². The molecular formula is C30H33N3O4. The van der Waals surface area contributed by atoms with E-state index in [4.69, 9.17) is 4.74 Å². The fourth-order valence-corrected chi connectivity index (χ4v) is 4.63. The lowest BCUT2D eigenvalue weighted by Crippen LogP contribution is -2.29. The van der Waals surface area contributed by atoms with E-state index in [1.807, 2.05) is 50.2 Å². The van der Waals surface area contributed by atoms with Gasteiger partial charge in [-0.15, -0.1) is 0 Å². The lowest BCUT2D eigenvalue weighted by Gasteiger charge is -2.26. The number of rotatable bonds is 9. The number of aromatic nitrogens is 1. The number of aliphatic hydroxyl groups excluding tert-OH is 1. The third-order valence-corrected chi connectivity index (χ3v) is 6.44. The van der Waals surface area contributed by atoms with Gasteiger partial charge >= 0.3 is 0 Å². The lowest BCUT2D eigenvalue weighted by molar-refractivity contribution is -0.140. The van der Waals surface area contributed by atoms with Crippen molar-refractivity contribution in [3.8, 4) is 5.75 Å².